The van der Waals surface area contributed by atoms with Crippen LogP contribution in [0.2, 0.25) is 0 Å². The van der Waals surface area contributed by atoms with Gasteiger partial charge in [-0.1, -0.05) is 106 Å². The fourth-order valence-electron chi connectivity index (χ4n) is 6.48. The van der Waals surface area contributed by atoms with E-state index in [1.54, 1.807) is 0 Å². The van der Waals surface area contributed by atoms with E-state index in [1.807, 2.05) is 27.7 Å². The smallest absolute Gasteiger partial charge is 0.159 e. The number of carbonyl (C=O) groups is 1. The maximum Gasteiger partial charge on any atom is 0.159 e. The van der Waals surface area contributed by atoms with Crippen molar-refractivity contribution in [1.29, 1.82) is 0 Å². The van der Waals surface area contributed by atoms with Crippen molar-refractivity contribution in [2.24, 2.45) is 11.8 Å². The van der Waals surface area contributed by atoms with Crippen molar-refractivity contribution in [1.82, 2.24) is 4.98 Å². The van der Waals surface area contributed by atoms with Crippen molar-refractivity contribution >= 4 is 16.7 Å². The Morgan fingerprint density at radius 2 is 1.50 bits per heavy atom. The molecule has 1 heterocycles. The molecule has 1 radical (unpaired) electrons. The van der Waals surface area contributed by atoms with Gasteiger partial charge in [-0.25, -0.2) is 0 Å². The second kappa shape index (κ2) is 14.4. The van der Waals surface area contributed by atoms with Crippen LogP contribution in [0.25, 0.3) is 33.3 Å². The molecule has 4 heteroatoms. The molecule has 0 spiro atoms. The number of aliphatic hydroxyl groups excluding tert-OH is 1. The average molecular weight is 795 g/mol. The number of pyridine rings is 1. The van der Waals surface area contributed by atoms with Crippen LogP contribution in [0.3, 0.4) is 0 Å². The molecule has 1 N–H and O–H groups in total. The fourth-order valence-corrected chi connectivity index (χ4v) is 6.48. The molecule has 0 aliphatic heterocycles. The molecule has 0 amide bonds. The van der Waals surface area contributed by atoms with Gasteiger partial charge in [0.1, 0.15) is 0 Å². The van der Waals surface area contributed by atoms with E-state index in [4.69, 9.17) is 4.98 Å². The molecule has 0 saturated heterocycles. The first-order chi connectivity index (χ1) is 20.9. The maximum atomic E-state index is 11.2. The standard InChI is InChI=1S/C31H32N.C11H20O2.Ir/c1-18-9-10-22-23-15-24-25(30(4,5)6)16-28(21-12-19(2)11-20(3)13-21)32-29(24)17-27(23)31(7,8)26(22)14-18;1-8(2)5-10(12)7-11(13)6-9(3)4;/h9-12,14-17H,1-8H3;7-9,12H,5-6H2,1-4H3;/q-1;;/b;10-7-;. The molecule has 0 saturated carbocycles. The quantitative estimate of drug-likeness (QED) is 0.120. The van der Waals surface area contributed by atoms with Gasteiger partial charge in [0.15, 0.2) is 5.78 Å². The van der Waals surface area contributed by atoms with Gasteiger partial charge >= 0.3 is 0 Å². The summed E-state index contributed by atoms with van der Waals surface area (Å²) in [4.78, 5) is 16.4. The Kier molecular flexibility index (Phi) is 11.7. The van der Waals surface area contributed by atoms with Crippen molar-refractivity contribution in [2.45, 2.75) is 107 Å². The summed E-state index contributed by atoms with van der Waals surface area (Å²) in [5.41, 5.74) is 13.7. The molecular formula is C42H52IrNO2-. The minimum Gasteiger partial charge on any atom is -0.512 e. The van der Waals surface area contributed by atoms with Crippen LogP contribution in [0.5, 0.6) is 0 Å². The van der Waals surface area contributed by atoms with Gasteiger partial charge in [-0.3, -0.25) is 9.78 Å². The predicted molar refractivity (Wildman–Crippen MR) is 191 cm³/mol. The second-order valence-electron chi connectivity index (χ2n) is 15.4. The van der Waals surface area contributed by atoms with Gasteiger partial charge in [0.25, 0.3) is 0 Å². The largest absolute Gasteiger partial charge is 0.512 e. The van der Waals surface area contributed by atoms with Crippen molar-refractivity contribution in [3.63, 3.8) is 0 Å². The van der Waals surface area contributed by atoms with Crippen molar-refractivity contribution in [2.75, 3.05) is 0 Å². The Morgan fingerprint density at radius 3 is 2.09 bits per heavy atom. The molecule has 1 aliphatic carbocycles. The average Bonchev–Trinajstić information content (AvgIpc) is 3.10. The zero-order valence-corrected chi connectivity index (χ0v) is 32.3. The molecule has 0 bridgehead atoms. The molecule has 4 aromatic rings. The summed E-state index contributed by atoms with van der Waals surface area (Å²) in [6.45, 7) is 26.0. The van der Waals surface area contributed by atoms with Gasteiger partial charge in [-0.2, -0.15) is 0 Å². The third-order valence-electron chi connectivity index (χ3n) is 8.55. The Labute approximate surface area is 291 Å². The number of aryl methyl sites for hydroxylation is 3. The number of aromatic nitrogens is 1. The number of fused-ring (bicyclic) bond motifs is 4. The number of hydrogen-bond donors (Lipinski definition) is 1. The first kappa shape index (κ1) is 37.4. The zero-order chi connectivity index (χ0) is 33.4. The van der Waals surface area contributed by atoms with E-state index in [-0.39, 0.29) is 42.5 Å². The summed E-state index contributed by atoms with van der Waals surface area (Å²) >= 11 is 0. The van der Waals surface area contributed by atoms with Crippen LogP contribution >= 0.6 is 0 Å². The van der Waals surface area contributed by atoms with Crippen LogP contribution in [0.1, 0.15) is 109 Å². The van der Waals surface area contributed by atoms with Gasteiger partial charge in [-0.15, -0.1) is 34.9 Å². The molecule has 1 aliphatic rings. The summed E-state index contributed by atoms with van der Waals surface area (Å²) in [6.07, 6.45) is 2.46. The van der Waals surface area contributed by atoms with E-state index >= 15 is 0 Å². The van der Waals surface area contributed by atoms with Crippen molar-refractivity contribution in [3.05, 3.63) is 99.8 Å². The van der Waals surface area contributed by atoms with Crippen LogP contribution in [0.15, 0.2) is 60.4 Å². The number of carbonyl (C=O) groups excluding carboxylic acids is 1. The van der Waals surface area contributed by atoms with Crippen molar-refractivity contribution in [3.8, 4) is 22.4 Å². The number of benzene rings is 3. The first-order valence-electron chi connectivity index (χ1n) is 16.4. The number of hydrogen-bond acceptors (Lipinski definition) is 3. The van der Waals surface area contributed by atoms with Gasteiger partial charge in [0.2, 0.25) is 0 Å². The van der Waals surface area contributed by atoms with Crippen LogP contribution in [-0.2, 0) is 35.7 Å². The molecule has 3 aromatic carbocycles. The van der Waals surface area contributed by atoms with E-state index in [0.717, 1.165) is 22.3 Å². The number of nitrogens with zero attached hydrogens (tertiary/aromatic N) is 1. The van der Waals surface area contributed by atoms with Crippen LogP contribution in [-0.4, -0.2) is 15.9 Å². The summed E-state index contributed by atoms with van der Waals surface area (Å²) in [7, 11) is 0. The predicted octanol–water partition coefficient (Wildman–Crippen LogP) is 11.3. The molecule has 0 atom stereocenters. The maximum absolute atomic E-state index is 11.2. The Bertz CT molecular complexity index is 1750. The van der Waals surface area contributed by atoms with Crippen LogP contribution in [0, 0.1) is 38.7 Å². The van der Waals surface area contributed by atoms with E-state index in [1.165, 1.54) is 50.4 Å². The minimum absolute atomic E-state index is 0. The zero-order valence-electron chi connectivity index (χ0n) is 29.9. The van der Waals surface area contributed by atoms with Gasteiger partial charge in [0.05, 0.1) is 11.3 Å². The van der Waals surface area contributed by atoms with Gasteiger partial charge < -0.3 is 5.11 Å². The number of aliphatic hydroxyl groups is 1. The number of allylic oxidation sites excluding steroid dienone is 2. The number of rotatable bonds is 6. The van der Waals surface area contributed by atoms with Crippen LogP contribution < -0.4 is 0 Å². The molecule has 5 rings (SSSR count). The second-order valence-corrected chi connectivity index (χ2v) is 15.4. The fraction of sp³-hybridized carbons (Fsp3) is 0.429. The van der Waals surface area contributed by atoms with Gasteiger partial charge in [-0.05, 0) is 69.8 Å². The molecule has 247 valence electrons. The Hall–Kier alpha value is -3.07. The van der Waals surface area contributed by atoms with E-state index in [2.05, 4.69) is 110 Å². The molecule has 0 fully saturated rings. The summed E-state index contributed by atoms with van der Waals surface area (Å²) in [6, 6.07) is 21.8. The molecular weight excluding hydrogens is 743 g/mol. The van der Waals surface area contributed by atoms with E-state index in [9.17, 15) is 9.90 Å². The van der Waals surface area contributed by atoms with Crippen LogP contribution in [0.4, 0.5) is 0 Å². The van der Waals surface area contributed by atoms with Crippen molar-refractivity contribution < 1.29 is 30.0 Å². The summed E-state index contributed by atoms with van der Waals surface area (Å²) < 4.78 is 0. The normalized spacial score (nSPS) is 13.7. The first-order valence-corrected chi connectivity index (χ1v) is 16.4. The number of ketones is 1. The topological polar surface area (TPSA) is 50.2 Å². The molecule has 0 unspecified atom stereocenters. The Morgan fingerprint density at radius 1 is 0.870 bits per heavy atom. The van der Waals surface area contributed by atoms with E-state index < -0.39 is 0 Å². The molecule has 46 heavy (non-hydrogen) atoms. The van der Waals surface area contributed by atoms with Gasteiger partial charge in [0, 0.05) is 49.8 Å². The third-order valence-corrected chi connectivity index (χ3v) is 8.55. The SMILES string of the molecule is CC(C)CC(=O)/C=C(\O)CC(C)C.Cc1[c-]c(-c2cc(C(C)(C)C)c3cc4c(cc3n2)C(C)(C)c2cc(C)ccc2-4)cc(C)c1.[Ir]. The summed E-state index contributed by atoms with van der Waals surface area (Å²) in [5, 5.41) is 10.6. The molecule has 1 aromatic heterocycles. The Balaban J connectivity index is 0.000000352. The minimum atomic E-state index is -0.0312. The third kappa shape index (κ3) is 8.44. The summed E-state index contributed by atoms with van der Waals surface area (Å²) in [5.74, 6) is 0.979. The van der Waals surface area contributed by atoms with E-state index in [0.29, 0.717) is 24.7 Å². The molecule has 3 nitrogen and oxygen atoms in total. The monoisotopic (exact) mass is 795 g/mol.